The van der Waals surface area contributed by atoms with Gasteiger partial charge in [-0.05, 0) is 135 Å². The summed E-state index contributed by atoms with van der Waals surface area (Å²) >= 11 is 12.9. The molecule has 18 heteroatoms. The molecular formula is C52H64Cl2N8O6Si2. The van der Waals surface area contributed by atoms with Crippen molar-refractivity contribution in [3.05, 3.63) is 150 Å². The molecule has 4 atom stereocenters. The molecule has 0 radical (unpaired) electrons. The van der Waals surface area contributed by atoms with Gasteiger partial charge in [0.2, 0.25) is 34.9 Å². The topological polar surface area (TPSA) is 174 Å². The molecule has 6 rings (SSSR count). The number of benzene rings is 4. The Labute approximate surface area is 424 Å². The van der Waals surface area contributed by atoms with Gasteiger partial charge in [0.1, 0.15) is 0 Å². The first-order valence-electron chi connectivity index (χ1n) is 23.0. The molecular weight excluding hydrogens is 960 g/mol. The van der Waals surface area contributed by atoms with E-state index in [1.807, 2.05) is 57.2 Å². The largest absolute Gasteiger partial charge is 0.420 e. The molecule has 0 amide bonds. The van der Waals surface area contributed by atoms with E-state index < -0.39 is 21.6 Å². The average molecular weight is 1020 g/mol. The van der Waals surface area contributed by atoms with Crippen LogP contribution in [0.1, 0.15) is 101 Å². The van der Waals surface area contributed by atoms with Crippen LogP contribution in [0.4, 0.5) is 22.7 Å². The smallest absolute Gasteiger partial charge is 0.269 e. The molecule has 2 N–H and O–H groups in total. The summed E-state index contributed by atoms with van der Waals surface area (Å²) in [6.07, 6.45) is 0.721. The number of anilines is 1. The normalized spacial score (nSPS) is 13.9. The fraction of sp³-hybridized carbons (Fsp3) is 0.423. The summed E-state index contributed by atoms with van der Waals surface area (Å²) in [6, 6.07) is 20.7. The van der Waals surface area contributed by atoms with E-state index in [9.17, 15) is 10.1 Å². The van der Waals surface area contributed by atoms with E-state index in [1.54, 1.807) is 24.3 Å². The minimum atomic E-state index is -2.11. The predicted molar refractivity (Wildman–Crippen MR) is 284 cm³/mol. The van der Waals surface area contributed by atoms with E-state index in [1.165, 1.54) is 12.1 Å². The molecule has 0 aliphatic rings. The summed E-state index contributed by atoms with van der Waals surface area (Å²) in [5.41, 5.74) is 12.5. The highest BCUT2D eigenvalue weighted by Gasteiger charge is 2.42. The molecule has 0 aliphatic heterocycles. The fourth-order valence-corrected chi connectivity index (χ4v) is 10.6. The maximum atomic E-state index is 11.0. The molecule has 0 unspecified atom stereocenters. The zero-order valence-corrected chi connectivity index (χ0v) is 46.1. The molecule has 0 fully saturated rings. The first-order valence-corrected chi connectivity index (χ1v) is 29.6. The first-order chi connectivity index (χ1) is 32.6. The van der Waals surface area contributed by atoms with Gasteiger partial charge in [0.05, 0.1) is 52.2 Å². The van der Waals surface area contributed by atoms with Crippen LogP contribution in [-0.4, -0.2) is 54.2 Å². The van der Waals surface area contributed by atoms with Crippen molar-refractivity contribution >= 4 is 62.6 Å². The Bertz CT molecular complexity index is 2880. The third-order valence-corrected chi connectivity index (χ3v) is 23.9. The molecule has 0 saturated carbocycles. The maximum absolute atomic E-state index is 11.0. The molecule has 370 valence electrons. The Hall–Kier alpha value is -5.73. The quantitative estimate of drug-likeness (QED) is 0.0341. The monoisotopic (exact) mass is 1020 g/mol. The van der Waals surface area contributed by atoms with E-state index in [-0.39, 0.29) is 45.7 Å². The molecule has 2 heterocycles. The molecule has 4 aromatic carbocycles. The molecule has 6 aromatic rings. The van der Waals surface area contributed by atoms with Gasteiger partial charge in [0.25, 0.3) is 5.69 Å². The van der Waals surface area contributed by atoms with Crippen molar-refractivity contribution in [2.45, 2.75) is 142 Å². The second-order valence-corrected chi connectivity index (χ2v) is 31.0. The molecule has 0 saturated heterocycles. The Kier molecular flexibility index (Phi) is 17.5. The standard InChI is InChI=1S/C26H31ClN4O4Si.C26H33ClN4O2Si/c1-16-19(11-14-22(28-6)23(16)27)15-21(17(2)35-36(7,8)26(3,4)5)25-30-29-24(34-25)18-9-12-20(13-10-18)31(32)33;1-16-19(11-14-22(29-6)23(16)27)15-21(17(2)33-34(7,8)26(3,4)5)25-31-30-24(32-25)18-9-12-20(28)13-10-18/h9-14,17,21H,15H2,1-5,7-8H3;9-14,17,21H,15,28H2,1-5,7-8H3/t2*17-,21-/m11/s1. The van der Waals surface area contributed by atoms with Crippen molar-refractivity contribution in [2.75, 3.05) is 5.73 Å². The number of nitrogens with zero attached hydrogens (tertiary/aromatic N) is 7. The third kappa shape index (κ3) is 13.0. The van der Waals surface area contributed by atoms with Gasteiger partial charge in [-0.3, -0.25) is 10.1 Å². The van der Waals surface area contributed by atoms with Gasteiger partial charge in [0.15, 0.2) is 16.6 Å². The van der Waals surface area contributed by atoms with E-state index in [2.05, 4.69) is 105 Å². The number of rotatable bonds is 15. The molecule has 70 heavy (non-hydrogen) atoms. The fourth-order valence-electron chi connectivity index (χ4n) is 7.22. The van der Waals surface area contributed by atoms with Crippen molar-refractivity contribution < 1.29 is 22.6 Å². The van der Waals surface area contributed by atoms with Gasteiger partial charge in [0, 0.05) is 28.9 Å². The lowest BCUT2D eigenvalue weighted by atomic mass is 9.92. The summed E-state index contributed by atoms with van der Waals surface area (Å²) in [5.74, 6) is 1.20. The van der Waals surface area contributed by atoms with E-state index in [0.717, 1.165) is 27.8 Å². The summed E-state index contributed by atoms with van der Waals surface area (Å²) in [7, 11) is -4.17. The average Bonchev–Trinajstić information content (AvgIpc) is 3.98. The molecule has 0 spiro atoms. The number of hydrogen-bond donors (Lipinski definition) is 1. The van der Waals surface area contributed by atoms with Gasteiger partial charge < -0.3 is 23.4 Å². The number of nitrogens with two attached hydrogens (primary N) is 1. The second-order valence-electron chi connectivity index (χ2n) is 20.7. The van der Waals surface area contributed by atoms with Gasteiger partial charge in [-0.15, -0.1) is 20.4 Å². The number of nitro benzene ring substituents is 1. The summed E-state index contributed by atoms with van der Waals surface area (Å²) in [5, 5.41) is 29.3. The van der Waals surface area contributed by atoms with Gasteiger partial charge in [-0.25, -0.2) is 9.69 Å². The summed E-state index contributed by atoms with van der Waals surface area (Å²) in [6.45, 7) is 44.7. The lowest BCUT2D eigenvalue weighted by molar-refractivity contribution is -0.384. The van der Waals surface area contributed by atoms with Gasteiger partial charge in [-0.2, -0.15) is 0 Å². The number of non-ortho nitro benzene ring substituents is 1. The van der Waals surface area contributed by atoms with E-state index in [4.69, 9.17) is 59.8 Å². The van der Waals surface area contributed by atoms with Crippen LogP contribution in [0.15, 0.2) is 81.6 Å². The van der Waals surface area contributed by atoms with Crippen LogP contribution in [0.5, 0.6) is 0 Å². The Morgan fingerprint density at radius 1 is 0.657 bits per heavy atom. The zero-order valence-electron chi connectivity index (χ0n) is 42.6. The summed E-state index contributed by atoms with van der Waals surface area (Å²) in [4.78, 5) is 17.5. The van der Waals surface area contributed by atoms with Crippen LogP contribution in [0.25, 0.3) is 32.6 Å². The van der Waals surface area contributed by atoms with Crippen molar-refractivity contribution in [1.29, 1.82) is 0 Å². The molecule has 14 nitrogen and oxygen atoms in total. The highest BCUT2D eigenvalue weighted by molar-refractivity contribution is 6.74. The van der Waals surface area contributed by atoms with Crippen LogP contribution in [-0.2, 0) is 21.7 Å². The number of nitro groups is 1. The van der Waals surface area contributed by atoms with E-state index >= 15 is 0 Å². The van der Waals surface area contributed by atoms with Gasteiger partial charge in [-0.1, -0.05) is 89.0 Å². The van der Waals surface area contributed by atoms with Crippen molar-refractivity contribution in [2.24, 2.45) is 0 Å². The predicted octanol–water partition coefficient (Wildman–Crippen LogP) is 15.5. The molecule has 2 aromatic heterocycles. The Morgan fingerprint density at radius 2 is 1.01 bits per heavy atom. The van der Waals surface area contributed by atoms with Crippen molar-refractivity contribution in [1.82, 2.24) is 20.4 Å². The van der Waals surface area contributed by atoms with E-state index in [0.29, 0.717) is 63.2 Å². The summed E-state index contributed by atoms with van der Waals surface area (Å²) < 4.78 is 25.7. The number of aromatic nitrogens is 4. The number of hydrogen-bond acceptors (Lipinski definition) is 11. The number of halogens is 2. The van der Waals surface area contributed by atoms with Crippen molar-refractivity contribution in [3.8, 4) is 22.9 Å². The van der Waals surface area contributed by atoms with Crippen LogP contribution in [0.3, 0.4) is 0 Å². The zero-order chi connectivity index (χ0) is 52.1. The Morgan fingerprint density at radius 3 is 1.34 bits per heavy atom. The van der Waals surface area contributed by atoms with Crippen LogP contribution < -0.4 is 5.73 Å². The Balaban J connectivity index is 0.000000261. The minimum absolute atomic E-state index is 0.0111. The second kappa shape index (κ2) is 22.1. The maximum Gasteiger partial charge on any atom is 0.269 e. The van der Waals surface area contributed by atoms with Gasteiger partial charge >= 0.3 is 0 Å². The highest BCUT2D eigenvalue weighted by Crippen LogP contribution is 2.43. The SMILES string of the molecule is [C-]#[N+]c1ccc(C[C@@H](c2nnc(-c3ccc(N)cc3)o2)[C@@H](C)O[Si](C)(C)C(C)(C)C)c(C)c1Cl.[C-]#[N+]c1ccc(C[C@@H](c2nnc(-c3ccc([N+](=O)[O-])cc3)o2)[C@@H](C)O[Si](C)(C)C(C)(C)C)c(C)c1Cl. The minimum Gasteiger partial charge on any atom is -0.420 e. The molecule has 0 bridgehead atoms. The highest BCUT2D eigenvalue weighted by atomic mass is 35.5. The van der Waals surface area contributed by atoms with Crippen LogP contribution in [0, 0.1) is 37.1 Å². The van der Waals surface area contributed by atoms with Crippen LogP contribution in [0.2, 0.25) is 46.3 Å². The lowest BCUT2D eigenvalue weighted by Gasteiger charge is -2.40. The lowest BCUT2D eigenvalue weighted by Crippen LogP contribution is -2.44. The van der Waals surface area contributed by atoms with Crippen molar-refractivity contribution in [3.63, 3.8) is 0 Å². The first kappa shape index (κ1) is 55.2. The van der Waals surface area contributed by atoms with Crippen LogP contribution >= 0.6 is 23.2 Å². The third-order valence-electron chi connectivity index (χ3n) is 13.8. The number of nitrogen functional groups attached to an aromatic ring is 1. The molecule has 0 aliphatic carbocycles.